The van der Waals surface area contributed by atoms with Crippen molar-refractivity contribution in [3.05, 3.63) is 64.7 Å². The fraction of sp³-hybridized carbons (Fsp3) is 0.391. The summed E-state index contributed by atoms with van der Waals surface area (Å²) in [7, 11) is 1.34. The summed E-state index contributed by atoms with van der Waals surface area (Å²) in [4.78, 5) is 24.4. The molecule has 0 heterocycles. The van der Waals surface area contributed by atoms with Gasteiger partial charge in [-0.3, -0.25) is 4.79 Å². The highest BCUT2D eigenvalue weighted by Crippen LogP contribution is 2.30. The maximum absolute atomic E-state index is 12.8. The third-order valence-corrected chi connectivity index (χ3v) is 4.49. The van der Waals surface area contributed by atoms with E-state index in [2.05, 4.69) is 52.9 Å². The molecule has 1 amide bonds. The molecule has 0 fully saturated rings. The number of esters is 1. The van der Waals surface area contributed by atoms with E-state index in [1.165, 1.54) is 7.11 Å². The van der Waals surface area contributed by atoms with Crippen LogP contribution in [0.2, 0.25) is 0 Å². The first-order valence-corrected chi connectivity index (χ1v) is 9.07. The van der Waals surface area contributed by atoms with Crippen LogP contribution in [-0.2, 0) is 15.6 Å². The van der Waals surface area contributed by atoms with E-state index in [0.717, 1.165) is 11.1 Å². The van der Waals surface area contributed by atoms with Crippen LogP contribution in [0.4, 0.5) is 5.69 Å². The zero-order valence-corrected chi connectivity index (χ0v) is 17.3. The van der Waals surface area contributed by atoms with E-state index in [1.807, 2.05) is 12.1 Å². The molecule has 1 N–H and O–H groups in total. The second-order valence-corrected chi connectivity index (χ2v) is 8.82. The molecule has 0 aliphatic rings. The van der Waals surface area contributed by atoms with E-state index >= 15 is 0 Å². The summed E-state index contributed by atoms with van der Waals surface area (Å²) >= 11 is 0. The number of hydrogen-bond acceptors (Lipinski definition) is 3. The van der Waals surface area contributed by atoms with Gasteiger partial charge in [-0.15, -0.1) is 0 Å². The highest BCUT2D eigenvalue weighted by atomic mass is 16.5. The number of ether oxygens (including phenoxy) is 1. The van der Waals surface area contributed by atoms with Crippen LogP contribution in [0, 0.1) is 0 Å². The smallest absolute Gasteiger partial charge is 0.337 e. The SMILES string of the molecule is COC(=O)c1ccc(NC(=O)c2cc(C(C)(C)C)cc(C(C)(C)C)c2)cc1. The lowest BCUT2D eigenvalue weighted by atomic mass is 9.79. The molecular weight excluding hydrogens is 338 g/mol. The fourth-order valence-electron chi connectivity index (χ4n) is 2.64. The maximum atomic E-state index is 12.8. The Morgan fingerprint density at radius 3 is 1.67 bits per heavy atom. The third kappa shape index (κ3) is 5.19. The Morgan fingerprint density at radius 1 is 0.778 bits per heavy atom. The van der Waals surface area contributed by atoms with Crippen molar-refractivity contribution in [1.82, 2.24) is 0 Å². The standard InChI is InChI=1S/C23H29NO3/c1-22(2,3)17-12-16(13-18(14-17)23(4,5)6)20(25)24-19-10-8-15(9-11-19)21(26)27-7/h8-14H,1-7H3,(H,24,25). The number of carbonyl (C=O) groups is 2. The van der Waals surface area contributed by atoms with Crippen LogP contribution >= 0.6 is 0 Å². The van der Waals surface area contributed by atoms with Gasteiger partial charge in [0.1, 0.15) is 0 Å². The minimum atomic E-state index is -0.402. The molecule has 2 aromatic rings. The van der Waals surface area contributed by atoms with Crippen molar-refractivity contribution in [2.75, 3.05) is 12.4 Å². The molecule has 0 aliphatic carbocycles. The molecule has 0 aromatic heterocycles. The van der Waals surface area contributed by atoms with Crippen molar-refractivity contribution in [3.63, 3.8) is 0 Å². The molecule has 0 radical (unpaired) electrons. The van der Waals surface area contributed by atoms with Gasteiger partial charge < -0.3 is 10.1 Å². The molecule has 2 aromatic carbocycles. The first-order chi connectivity index (χ1) is 12.4. The molecule has 0 saturated heterocycles. The summed E-state index contributed by atoms with van der Waals surface area (Å²) < 4.78 is 4.69. The van der Waals surface area contributed by atoms with Crippen LogP contribution in [0.25, 0.3) is 0 Å². The van der Waals surface area contributed by atoms with Crippen LogP contribution in [0.1, 0.15) is 73.4 Å². The van der Waals surface area contributed by atoms with Gasteiger partial charge in [0.2, 0.25) is 0 Å². The lowest BCUT2D eigenvalue weighted by Gasteiger charge is -2.26. The summed E-state index contributed by atoms with van der Waals surface area (Å²) in [5, 5.41) is 2.91. The van der Waals surface area contributed by atoms with E-state index < -0.39 is 5.97 Å². The van der Waals surface area contributed by atoms with E-state index in [4.69, 9.17) is 4.74 Å². The molecule has 0 bridgehead atoms. The summed E-state index contributed by atoms with van der Waals surface area (Å²) in [5.41, 5.74) is 3.84. The van der Waals surface area contributed by atoms with Gasteiger partial charge in [-0.05, 0) is 58.4 Å². The van der Waals surface area contributed by atoms with Crippen molar-refractivity contribution in [2.24, 2.45) is 0 Å². The van der Waals surface area contributed by atoms with Crippen LogP contribution < -0.4 is 5.32 Å². The second-order valence-electron chi connectivity index (χ2n) is 8.82. The Labute approximate surface area is 161 Å². The van der Waals surface area contributed by atoms with Crippen molar-refractivity contribution < 1.29 is 14.3 Å². The van der Waals surface area contributed by atoms with Gasteiger partial charge in [-0.2, -0.15) is 0 Å². The first-order valence-electron chi connectivity index (χ1n) is 9.07. The van der Waals surface area contributed by atoms with Crippen molar-refractivity contribution in [1.29, 1.82) is 0 Å². The average Bonchev–Trinajstić information content (AvgIpc) is 2.59. The van der Waals surface area contributed by atoms with Gasteiger partial charge in [0.05, 0.1) is 12.7 Å². The quantitative estimate of drug-likeness (QED) is 0.747. The lowest BCUT2D eigenvalue weighted by Crippen LogP contribution is -2.20. The number of anilines is 1. The third-order valence-electron chi connectivity index (χ3n) is 4.49. The van der Waals surface area contributed by atoms with Gasteiger partial charge in [0.15, 0.2) is 0 Å². The number of amides is 1. The van der Waals surface area contributed by atoms with Crippen molar-refractivity contribution in [2.45, 2.75) is 52.4 Å². The minimum Gasteiger partial charge on any atom is -0.465 e. The van der Waals surface area contributed by atoms with Crippen molar-refractivity contribution in [3.8, 4) is 0 Å². The molecule has 0 spiro atoms. The van der Waals surface area contributed by atoms with Gasteiger partial charge >= 0.3 is 5.97 Å². The van der Waals surface area contributed by atoms with E-state index in [1.54, 1.807) is 24.3 Å². The molecule has 0 aliphatic heterocycles. The Morgan fingerprint density at radius 2 is 1.26 bits per heavy atom. The molecule has 2 rings (SSSR count). The molecule has 0 atom stereocenters. The molecule has 4 nitrogen and oxygen atoms in total. The normalized spacial score (nSPS) is 11.8. The summed E-state index contributed by atoms with van der Waals surface area (Å²) in [6.07, 6.45) is 0. The van der Waals surface area contributed by atoms with Gasteiger partial charge in [0.25, 0.3) is 5.91 Å². The minimum absolute atomic E-state index is 0.0571. The van der Waals surface area contributed by atoms with Gasteiger partial charge in [0, 0.05) is 11.3 Å². The molecule has 0 saturated carbocycles. The lowest BCUT2D eigenvalue weighted by molar-refractivity contribution is 0.0600. The molecule has 0 unspecified atom stereocenters. The number of hydrogen-bond donors (Lipinski definition) is 1. The van der Waals surface area contributed by atoms with Crippen LogP contribution in [0.15, 0.2) is 42.5 Å². The largest absolute Gasteiger partial charge is 0.465 e. The topological polar surface area (TPSA) is 55.4 Å². The van der Waals surface area contributed by atoms with Crippen LogP contribution in [-0.4, -0.2) is 19.0 Å². The van der Waals surface area contributed by atoms with E-state index in [0.29, 0.717) is 16.8 Å². The predicted octanol–water partition coefficient (Wildman–Crippen LogP) is 5.32. The molecule has 144 valence electrons. The van der Waals surface area contributed by atoms with E-state index in [9.17, 15) is 9.59 Å². The maximum Gasteiger partial charge on any atom is 0.337 e. The second kappa shape index (κ2) is 7.55. The number of rotatable bonds is 3. The zero-order chi connectivity index (χ0) is 20.4. The first kappa shape index (κ1) is 20.7. The Hall–Kier alpha value is -2.62. The van der Waals surface area contributed by atoms with Crippen LogP contribution in [0.5, 0.6) is 0 Å². The Kier molecular flexibility index (Phi) is 5.79. The Bertz CT molecular complexity index is 805. The number of carbonyl (C=O) groups excluding carboxylic acids is 2. The van der Waals surface area contributed by atoms with E-state index in [-0.39, 0.29) is 16.7 Å². The van der Waals surface area contributed by atoms with Crippen molar-refractivity contribution >= 4 is 17.6 Å². The zero-order valence-electron chi connectivity index (χ0n) is 17.3. The number of methoxy groups -OCH3 is 1. The summed E-state index contributed by atoms with van der Waals surface area (Å²) in [5.74, 6) is -0.571. The predicted molar refractivity (Wildman–Crippen MR) is 110 cm³/mol. The number of benzene rings is 2. The Balaban J connectivity index is 2.33. The molecule has 4 heteroatoms. The molecular formula is C23H29NO3. The summed E-state index contributed by atoms with van der Waals surface area (Å²) in [6, 6.07) is 12.7. The van der Waals surface area contributed by atoms with Gasteiger partial charge in [-0.25, -0.2) is 4.79 Å². The van der Waals surface area contributed by atoms with Crippen LogP contribution in [0.3, 0.4) is 0 Å². The fourth-order valence-corrected chi connectivity index (χ4v) is 2.64. The molecule has 27 heavy (non-hydrogen) atoms. The number of nitrogens with one attached hydrogen (secondary N) is 1. The average molecular weight is 367 g/mol. The highest BCUT2D eigenvalue weighted by molar-refractivity contribution is 6.04. The highest BCUT2D eigenvalue weighted by Gasteiger charge is 2.22. The summed E-state index contributed by atoms with van der Waals surface area (Å²) in [6.45, 7) is 12.8. The van der Waals surface area contributed by atoms with Gasteiger partial charge in [-0.1, -0.05) is 47.6 Å². The monoisotopic (exact) mass is 367 g/mol.